The molecule has 0 spiro atoms. The first kappa shape index (κ1) is 21.0. The van der Waals surface area contributed by atoms with E-state index in [0.717, 1.165) is 12.1 Å². The van der Waals surface area contributed by atoms with Crippen molar-refractivity contribution in [1.82, 2.24) is 9.55 Å². The van der Waals surface area contributed by atoms with Crippen LogP contribution in [0.4, 0.5) is 13.2 Å². The van der Waals surface area contributed by atoms with Crippen molar-refractivity contribution >= 4 is 22.7 Å². The van der Waals surface area contributed by atoms with E-state index in [0.29, 0.717) is 38.9 Å². The van der Waals surface area contributed by atoms with Gasteiger partial charge in [-0.15, -0.1) is 0 Å². The number of alkyl halides is 3. The van der Waals surface area contributed by atoms with Crippen LogP contribution in [0.3, 0.4) is 0 Å². The Morgan fingerprint density at radius 2 is 1.79 bits per heavy atom. The fraction of sp³-hybridized carbons (Fsp3) is 0.300. The molecule has 5 nitrogen and oxygen atoms in total. The second-order valence-corrected chi connectivity index (χ2v) is 7.42. The highest BCUT2D eigenvalue weighted by Crippen LogP contribution is 2.32. The fourth-order valence-electron chi connectivity index (χ4n) is 2.97. The molecule has 29 heavy (non-hydrogen) atoms. The molecule has 0 unspecified atom stereocenters. The average molecular weight is 423 g/mol. The molecule has 3 rings (SSSR count). The minimum atomic E-state index is -4.42. The summed E-state index contributed by atoms with van der Waals surface area (Å²) in [5.41, 5.74) is 0.429. The van der Waals surface area contributed by atoms with E-state index in [1.807, 2.05) is 6.92 Å². The molecule has 1 aromatic heterocycles. The van der Waals surface area contributed by atoms with Crippen molar-refractivity contribution in [2.75, 3.05) is 20.0 Å². The lowest BCUT2D eigenvalue weighted by atomic mass is 10.1. The number of nitrogens with one attached hydrogen (secondary N) is 1. The van der Waals surface area contributed by atoms with Crippen LogP contribution in [-0.4, -0.2) is 29.5 Å². The van der Waals surface area contributed by atoms with Gasteiger partial charge in [-0.25, -0.2) is 4.98 Å². The summed E-state index contributed by atoms with van der Waals surface area (Å²) in [5, 5.41) is 9.75. The van der Waals surface area contributed by atoms with E-state index in [-0.39, 0.29) is 12.0 Å². The molecule has 0 bridgehead atoms. The Morgan fingerprint density at radius 3 is 2.41 bits per heavy atom. The number of ether oxygens (including phenoxy) is 2. The first-order valence-corrected chi connectivity index (χ1v) is 9.77. The molecule has 0 saturated carbocycles. The van der Waals surface area contributed by atoms with Crippen molar-refractivity contribution in [3.05, 3.63) is 53.0 Å². The summed E-state index contributed by atoms with van der Waals surface area (Å²) < 4.78 is 51.4. The molecule has 154 valence electrons. The van der Waals surface area contributed by atoms with Crippen LogP contribution in [0.5, 0.6) is 11.5 Å². The van der Waals surface area contributed by atoms with Gasteiger partial charge in [-0.05, 0) is 29.5 Å². The number of halogens is 3. The van der Waals surface area contributed by atoms with Crippen molar-refractivity contribution in [3.63, 3.8) is 0 Å². The third-order valence-corrected chi connectivity index (χ3v) is 5.20. The Bertz CT molecular complexity index is 1100. The van der Waals surface area contributed by atoms with Crippen LogP contribution in [0.1, 0.15) is 18.1 Å². The van der Waals surface area contributed by atoms with Crippen LogP contribution in [0, 0.1) is 5.41 Å². The molecule has 0 radical (unpaired) electrons. The SMILES string of the molecule is CCSc1nc2cc(OC)c(OC)cc2c(=N)n1Cc1cccc(C(F)(F)F)c1. The van der Waals surface area contributed by atoms with Crippen molar-refractivity contribution in [2.45, 2.75) is 24.8 Å². The second kappa shape index (κ2) is 8.36. The van der Waals surface area contributed by atoms with Crippen LogP contribution in [0.25, 0.3) is 10.9 Å². The van der Waals surface area contributed by atoms with E-state index >= 15 is 0 Å². The second-order valence-electron chi connectivity index (χ2n) is 6.18. The van der Waals surface area contributed by atoms with Gasteiger partial charge in [0, 0.05) is 11.5 Å². The van der Waals surface area contributed by atoms with Crippen LogP contribution in [0.2, 0.25) is 0 Å². The van der Waals surface area contributed by atoms with Gasteiger partial charge in [0.15, 0.2) is 16.7 Å². The maximum absolute atomic E-state index is 13.1. The average Bonchev–Trinajstić information content (AvgIpc) is 2.69. The fourth-order valence-corrected chi connectivity index (χ4v) is 3.70. The standard InChI is InChI=1S/C20H20F3N3O2S/c1-4-29-19-25-15-10-17(28-3)16(27-2)9-14(15)18(24)26(19)11-12-6-5-7-13(8-12)20(21,22)23/h5-10,24H,4,11H2,1-3H3. The molecule has 0 amide bonds. The number of methoxy groups -OCH3 is 2. The van der Waals surface area contributed by atoms with E-state index in [4.69, 9.17) is 14.9 Å². The zero-order chi connectivity index (χ0) is 21.2. The highest BCUT2D eigenvalue weighted by atomic mass is 32.2. The van der Waals surface area contributed by atoms with Crippen LogP contribution in [0.15, 0.2) is 41.6 Å². The predicted molar refractivity (Wildman–Crippen MR) is 106 cm³/mol. The Kier molecular flexibility index (Phi) is 6.07. The molecule has 9 heteroatoms. The number of aromatic nitrogens is 2. The van der Waals surface area contributed by atoms with Crippen LogP contribution in [-0.2, 0) is 12.7 Å². The lowest BCUT2D eigenvalue weighted by molar-refractivity contribution is -0.137. The summed E-state index contributed by atoms with van der Waals surface area (Å²) in [6.45, 7) is 2.05. The van der Waals surface area contributed by atoms with E-state index in [9.17, 15) is 13.2 Å². The third-order valence-electron chi connectivity index (χ3n) is 4.34. The number of thioether (sulfide) groups is 1. The molecular weight excluding hydrogens is 403 g/mol. The lowest BCUT2D eigenvalue weighted by Gasteiger charge is -2.16. The molecule has 0 aliphatic rings. The van der Waals surface area contributed by atoms with Gasteiger partial charge in [-0.1, -0.05) is 30.8 Å². The molecular formula is C20H20F3N3O2S. The minimum Gasteiger partial charge on any atom is -0.493 e. The monoisotopic (exact) mass is 423 g/mol. The number of benzene rings is 2. The molecule has 0 aliphatic carbocycles. The molecule has 3 aromatic rings. The lowest BCUT2D eigenvalue weighted by Crippen LogP contribution is -2.24. The molecule has 1 heterocycles. The summed E-state index contributed by atoms with van der Waals surface area (Å²) in [6.07, 6.45) is -4.42. The van der Waals surface area contributed by atoms with Gasteiger partial charge in [0.1, 0.15) is 5.49 Å². The van der Waals surface area contributed by atoms with E-state index < -0.39 is 11.7 Å². The maximum atomic E-state index is 13.1. The largest absolute Gasteiger partial charge is 0.493 e. The van der Waals surface area contributed by atoms with Gasteiger partial charge in [-0.3, -0.25) is 5.41 Å². The van der Waals surface area contributed by atoms with Gasteiger partial charge in [-0.2, -0.15) is 13.2 Å². The van der Waals surface area contributed by atoms with Gasteiger partial charge in [0.25, 0.3) is 0 Å². The van der Waals surface area contributed by atoms with E-state index in [1.54, 1.807) is 22.8 Å². The molecule has 2 aromatic carbocycles. The molecule has 1 N–H and O–H groups in total. The van der Waals surface area contributed by atoms with Gasteiger partial charge in [0.05, 0.1) is 31.8 Å². The van der Waals surface area contributed by atoms with Crippen molar-refractivity contribution < 1.29 is 22.6 Å². The molecule has 0 fully saturated rings. The quantitative estimate of drug-likeness (QED) is 0.461. The smallest absolute Gasteiger partial charge is 0.416 e. The molecule has 0 atom stereocenters. The topological polar surface area (TPSA) is 60.1 Å². The normalized spacial score (nSPS) is 11.7. The highest BCUT2D eigenvalue weighted by molar-refractivity contribution is 7.99. The predicted octanol–water partition coefficient (Wildman–Crippen LogP) is 4.71. The Labute approximate surface area is 170 Å². The first-order valence-electron chi connectivity index (χ1n) is 8.78. The first-order chi connectivity index (χ1) is 13.8. The minimum absolute atomic E-state index is 0.0996. The zero-order valence-corrected chi connectivity index (χ0v) is 16.9. The number of nitrogens with zero attached hydrogens (tertiary/aromatic N) is 2. The Balaban J connectivity index is 2.17. The molecule has 0 aliphatic heterocycles. The third kappa shape index (κ3) is 4.34. The van der Waals surface area contributed by atoms with Gasteiger partial charge in [0.2, 0.25) is 0 Å². The highest BCUT2D eigenvalue weighted by Gasteiger charge is 2.30. The van der Waals surface area contributed by atoms with Crippen molar-refractivity contribution in [1.29, 1.82) is 5.41 Å². The van der Waals surface area contributed by atoms with E-state index in [2.05, 4.69) is 4.98 Å². The van der Waals surface area contributed by atoms with E-state index in [1.165, 1.54) is 32.0 Å². The number of rotatable bonds is 6. The summed E-state index contributed by atoms with van der Waals surface area (Å²) in [4.78, 5) is 4.63. The van der Waals surface area contributed by atoms with Crippen molar-refractivity contribution in [2.24, 2.45) is 0 Å². The molecule has 0 saturated heterocycles. The number of hydrogen-bond acceptors (Lipinski definition) is 5. The van der Waals surface area contributed by atoms with Gasteiger partial charge >= 0.3 is 6.18 Å². The Hall–Kier alpha value is -2.68. The van der Waals surface area contributed by atoms with Crippen molar-refractivity contribution in [3.8, 4) is 11.5 Å². The summed E-state index contributed by atoms with van der Waals surface area (Å²) in [5.74, 6) is 1.65. The summed E-state index contributed by atoms with van der Waals surface area (Å²) >= 11 is 1.42. The number of fused-ring (bicyclic) bond motifs is 1. The number of hydrogen-bond donors (Lipinski definition) is 1. The maximum Gasteiger partial charge on any atom is 0.416 e. The zero-order valence-electron chi connectivity index (χ0n) is 16.1. The van der Waals surface area contributed by atoms with Crippen LogP contribution >= 0.6 is 11.8 Å². The Morgan fingerprint density at radius 1 is 1.10 bits per heavy atom. The van der Waals surface area contributed by atoms with Gasteiger partial charge < -0.3 is 14.0 Å². The van der Waals surface area contributed by atoms with Crippen LogP contribution < -0.4 is 15.0 Å². The summed E-state index contributed by atoms with van der Waals surface area (Å²) in [6, 6.07) is 8.48. The summed E-state index contributed by atoms with van der Waals surface area (Å²) in [7, 11) is 3.02.